The largest absolute Gasteiger partial charge is 0.495 e. The molecule has 0 radical (unpaired) electrons. The van der Waals surface area contributed by atoms with Crippen molar-refractivity contribution in [1.82, 2.24) is 14.3 Å². The van der Waals surface area contributed by atoms with E-state index in [9.17, 15) is 4.79 Å². The topological polar surface area (TPSA) is 50.1 Å². The third-order valence-electron chi connectivity index (χ3n) is 5.19. The number of rotatable bonds is 4. The van der Waals surface area contributed by atoms with Gasteiger partial charge in [0, 0.05) is 43.5 Å². The lowest BCUT2D eigenvalue weighted by molar-refractivity contribution is 0.0738. The van der Waals surface area contributed by atoms with Crippen LogP contribution in [-0.4, -0.2) is 53.5 Å². The number of pyridine rings is 1. The monoisotopic (exact) mass is 398 g/mol. The highest BCUT2D eigenvalue weighted by Gasteiger charge is 2.27. The molecule has 0 saturated carbocycles. The van der Waals surface area contributed by atoms with E-state index >= 15 is 0 Å². The highest BCUT2D eigenvalue weighted by atomic mass is 35.5. The number of nitrogens with zero attached hydrogens (tertiary/aromatic N) is 4. The Morgan fingerprint density at radius 2 is 1.93 bits per heavy atom. The van der Waals surface area contributed by atoms with Crippen molar-refractivity contribution in [2.24, 2.45) is 0 Å². The Morgan fingerprint density at radius 3 is 2.64 bits per heavy atom. The standard InChI is InChI=1S/C21H23ClN4O2/c1-3-16-20(26-9-8-15(22)14-19(26)23-16)21(27)25-12-10-24(11-13-25)17-6-4-5-7-18(17)28-2/h4-9,14H,3,10-13H2,1-2H3. The van der Waals surface area contributed by atoms with Gasteiger partial charge in [-0.05, 0) is 24.6 Å². The van der Waals surface area contributed by atoms with Gasteiger partial charge in [0.1, 0.15) is 17.1 Å². The SMILES string of the molecule is CCc1nc2cc(Cl)ccn2c1C(=O)N1CCN(c2ccccc2OC)CC1. The minimum Gasteiger partial charge on any atom is -0.495 e. The smallest absolute Gasteiger partial charge is 0.272 e. The zero-order valence-corrected chi connectivity index (χ0v) is 16.8. The molecule has 4 rings (SSSR count). The molecule has 28 heavy (non-hydrogen) atoms. The maximum atomic E-state index is 13.3. The Morgan fingerprint density at radius 1 is 1.18 bits per heavy atom. The van der Waals surface area contributed by atoms with E-state index in [0.29, 0.717) is 35.9 Å². The summed E-state index contributed by atoms with van der Waals surface area (Å²) >= 11 is 6.09. The Hall–Kier alpha value is -2.73. The van der Waals surface area contributed by atoms with Crippen LogP contribution in [0.15, 0.2) is 42.6 Å². The molecule has 0 bridgehead atoms. The molecule has 0 atom stereocenters. The zero-order chi connectivity index (χ0) is 19.7. The van der Waals surface area contributed by atoms with Gasteiger partial charge in [-0.15, -0.1) is 0 Å². The van der Waals surface area contributed by atoms with Crippen LogP contribution < -0.4 is 9.64 Å². The van der Waals surface area contributed by atoms with Crippen LogP contribution >= 0.6 is 11.6 Å². The van der Waals surface area contributed by atoms with Gasteiger partial charge < -0.3 is 14.5 Å². The number of amides is 1. The Kier molecular flexibility index (Phi) is 5.13. The highest BCUT2D eigenvalue weighted by molar-refractivity contribution is 6.30. The first-order valence-electron chi connectivity index (χ1n) is 9.46. The van der Waals surface area contributed by atoms with Crippen LogP contribution in [0.4, 0.5) is 5.69 Å². The lowest BCUT2D eigenvalue weighted by atomic mass is 10.2. The molecule has 0 spiro atoms. The summed E-state index contributed by atoms with van der Waals surface area (Å²) in [6, 6.07) is 11.6. The summed E-state index contributed by atoms with van der Waals surface area (Å²) in [6.07, 6.45) is 2.52. The van der Waals surface area contributed by atoms with Crippen LogP contribution in [0.25, 0.3) is 5.65 Å². The molecule has 1 amide bonds. The van der Waals surface area contributed by atoms with Gasteiger partial charge in [0.05, 0.1) is 18.5 Å². The average Bonchev–Trinajstić information content (AvgIpc) is 3.10. The first kappa shape index (κ1) is 18.6. The number of carbonyl (C=O) groups excluding carboxylic acids is 1. The molecular weight excluding hydrogens is 376 g/mol. The molecule has 6 nitrogen and oxygen atoms in total. The summed E-state index contributed by atoms with van der Waals surface area (Å²) in [7, 11) is 1.68. The van der Waals surface area contributed by atoms with Crippen molar-refractivity contribution < 1.29 is 9.53 Å². The Balaban J connectivity index is 1.56. The van der Waals surface area contributed by atoms with Gasteiger partial charge in [-0.3, -0.25) is 9.20 Å². The molecule has 2 aromatic heterocycles. The molecule has 1 aliphatic rings. The van der Waals surface area contributed by atoms with E-state index in [2.05, 4.69) is 16.0 Å². The predicted octanol–water partition coefficient (Wildman–Crippen LogP) is 3.52. The number of aromatic nitrogens is 2. The summed E-state index contributed by atoms with van der Waals surface area (Å²) < 4.78 is 7.32. The third kappa shape index (κ3) is 3.29. The first-order chi connectivity index (χ1) is 13.6. The lowest BCUT2D eigenvalue weighted by Crippen LogP contribution is -2.49. The second-order valence-corrected chi connectivity index (χ2v) is 7.22. The summed E-state index contributed by atoms with van der Waals surface area (Å²) in [5.74, 6) is 0.876. The zero-order valence-electron chi connectivity index (χ0n) is 16.1. The predicted molar refractivity (Wildman–Crippen MR) is 111 cm³/mol. The minimum absolute atomic E-state index is 0.0198. The lowest BCUT2D eigenvalue weighted by Gasteiger charge is -2.36. The fraction of sp³-hybridized carbons (Fsp3) is 0.333. The van der Waals surface area contributed by atoms with Crippen LogP contribution in [-0.2, 0) is 6.42 Å². The molecule has 1 fully saturated rings. The van der Waals surface area contributed by atoms with Crippen molar-refractivity contribution in [2.45, 2.75) is 13.3 Å². The van der Waals surface area contributed by atoms with Gasteiger partial charge in [-0.2, -0.15) is 0 Å². The van der Waals surface area contributed by atoms with Gasteiger partial charge in [0.15, 0.2) is 0 Å². The van der Waals surface area contributed by atoms with E-state index in [1.165, 1.54) is 0 Å². The summed E-state index contributed by atoms with van der Waals surface area (Å²) in [4.78, 5) is 22.1. The summed E-state index contributed by atoms with van der Waals surface area (Å²) in [6.45, 7) is 4.84. The van der Waals surface area contributed by atoms with Crippen molar-refractivity contribution in [3.63, 3.8) is 0 Å². The minimum atomic E-state index is 0.0198. The normalized spacial score (nSPS) is 14.5. The van der Waals surface area contributed by atoms with Gasteiger partial charge in [-0.25, -0.2) is 4.98 Å². The number of piperazine rings is 1. The number of aryl methyl sites for hydroxylation is 1. The average molecular weight is 399 g/mol. The first-order valence-corrected chi connectivity index (χ1v) is 9.84. The number of para-hydroxylation sites is 2. The molecule has 146 valence electrons. The van der Waals surface area contributed by atoms with Crippen LogP contribution in [0.5, 0.6) is 5.75 Å². The van der Waals surface area contributed by atoms with Crippen LogP contribution in [0.3, 0.4) is 0 Å². The Bertz CT molecular complexity index is 1010. The number of benzene rings is 1. The van der Waals surface area contributed by atoms with E-state index in [0.717, 1.165) is 30.2 Å². The Labute approximate surface area is 169 Å². The van der Waals surface area contributed by atoms with Crippen molar-refractivity contribution in [1.29, 1.82) is 0 Å². The fourth-order valence-electron chi connectivity index (χ4n) is 3.73. The van der Waals surface area contributed by atoms with E-state index in [4.69, 9.17) is 16.3 Å². The molecule has 0 aliphatic carbocycles. The second kappa shape index (κ2) is 7.72. The van der Waals surface area contributed by atoms with Crippen molar-refractivity contribution in [3.8, 4) is 5.75 Å². The van der Waals surface area contributed by atoms with Crippen LogP contribution in [0.2, 0.25) is 5.02 Å². The molecule has 0 unspecified atom stereocenters. The molecule has 1 aliphatic heterocycles. The van der Waals surface area contributed by atoms with E-state index in [-0.39, 0.29) is 5.91 Å². The molecule has 1 aromatic carbocycles. The van der Waals surface area contributed by atoms with E-state index < -0.39 is 0 Å². The van der Waals surface area contributed by atoms with Crippen LogP contribution in [0.1, 0.15) is 23.1 Å². The summed E-state index contributed by atoms with van der Waals surface area (Å²) in [5.41, 5.74) is 3.22. The van der Waals surface area contributed by atoms with E-state index in [1.807, 2.05) is 40.6 Å². The van der Waals surface area contributed by atoms with Crippen molar-refractivity contribution in [2.75, 3.05) is 38.2 Å². The number of fused-ring (bicyclic) bond motifs is 1. The highest BCUT2D eigenvalue weighted by Crippen LogP contribution is 2.29. The van der Waals surface area contributed by atoms with Crippen molar-refractivity contribution >= 4 is 28.8 Å². The number of imidazole rings is 1. The molecule has 3 heterocycles. The third-order valence-corrected chi connectivity index (χ3v) is 5.43. The van der Waals surface area contributed by atoms with E-state index in [1.54, 1.807) is 19.2 Å². The fourth-order valence-corrected chi connectivity index (χ4v) is 3.89. The number of methoxy groups -OCH3 is 1. The number of hydrogen-bond donors (Lipinski definition) is 0. The molecule has 3 aromatic rings. The molecule has 0 N–H and O–H groups in total. The van der Waals surface area contributed by atoms with Crippen LogP contribution in [0, 0.1) is 0 Å². The second-order valence-electron chi connectivity index (χ2n) is 6.78. The summed E-state index contributed by atoms with van der Waals surface area (Å²) in [5, 5.41) is 0.615. The number of anilines is 1. The number of halogens is 1. The maximum Gasteiger partial charge on any atom is 0.272 e. The van der Waals surface area contributed by atoms with Gasteiger partial charge in [0.25, 0.3) is 5.91 Å². The maximum absolute atomic E-state index is 13.3. The molecular formula is C21H23ClN4O2. The van der Waals surface area contributed by atoms with Gasteiger partial charge in [0.2, 0.25) is 0 Å². The number of carbonyl (C=O) groups is 1. The molecule has 1 saturated heterocycles. The quantitative estimate of drug-likeness (QED) is 0.674. The number of ether oxygens (including phenoxy) is 1. The molecule has 7 heteroatoms. The van der Waals surface area contributed by atoms with Gasteiger partial charge >= 0.3 is 0 Å². The van der Waals surface area contributed by atoms with Crippen molar-refractivity contribution in [3.05, 3.63) is 59.0 Å². The van der Waals surface area contributed by atoms with Gasteiger partial charge in [-0.1, -0.05) is 30.7 Å². The number of hydrogen-bond acceptors (Lipinski definition) is 4.